The Morgan fingerprint density at radius 2 is 2.05 bits per heavy atom. The molecule has 1 heterocycles. The van der Waals surface area contributed by atoms with Gasteiger partial charge in [0.2, 0.25) is 0 Å². The Bertz CT molecular complexity index is 392. The molecule has 0 amide bonds. The summed E-state index contributed by atoms with van der Waals surface area (Å²) in [6, 6.07) is 8.59. The summed E-state index contributed by atoms with van der Waals surface area (Å²) in [6.45, 7) is 6.07. The maximum absolute atomic E-state index is 9.93. The zero-order valence-electron chi connectivity index (χ0n) is 12.7. The number of benzene rings is 1. The molecule has 0 saturated carbocycles. The van der Waals surface area contributed by atoms with Gasteiger partial charge in [0.05, 0.1) is 18.2 Å². The standard InChI is InChI=1S/C17H27NO2/c1-3-14-7-9-15(10-8-14)17(4-2,13-19)18-12-16-6-5-11-20-16/h7-10,16,18-19H,3-6,11-13H2,1-2H3. The van der Waals surface area contributed by atoms with Crippen LogP contribution in [0.1, 0.15) is 44.2 Å². The molecular formula is C17H27NO2. The van der Waals surface area contributed by atoms with Crippen molar-refractivity contribution in [1.82, 2.24) is 5.32 Å². The summed E-state index contributed by atoms with van der Waals surface area (Å²) in [5, 5.41) is 13.5. The van der Waals surface area contributed by atoms with E-state index in [0.29, 0.717) is 6.10 Å². The number of aliphatic hydroxyl groups is 1. The predicted molar refractivity (Wildman–Crippen MR) is 81.9 cm³/mol. The van der Waals surface area contributed by atoms with E-state index in [0.717, 1.165) is 44.4 Å². The maximum atomic E-state index is 9.93. The van der Waals surface area contributed by atoms with Crippen molar-refractivity contribution in [3.05, 3.63) is 35.4 Å². The average molecular weight is 277 g/mol. The van der Waals surface area contributed by atoms with E-state index < -0.39 is 0 Å². The number of hydrogen-bond donors (Lipinski definition) is 2. The van der Waals surface area contributed by atoms with Crippen LogP contribution in [0, 0.1) is 0 Å². The van der Waals surface area contributed by atoms with Gasteiger partial charge in [-0.15, -0.1) is 0 Å². The first-order chi connectivity index (χ1) is 9.74. The van der Waals surface area contributed by atoms with Crippen LogP contribution in [0.3, 0.4) is 0 Å². The van der Waals surface area contributed by atoms with Crippen LogP contribution in [0.2, 0.25) is 0 Å². The third-order valence-corrected chi connectivity index (χ3v) is 4.48. The molecule has 2 atom stereocenters. The Hall–Kier alpha value is -0.900. The van der Waals surface area contributed by atoms with Crippen LogP contribution >= 0.6 is 0 Å². The molecule has 1 aromatic rings. The Labute approximate surface area is 122 Å². The molecule has 0 spiro atoms. The van der Waals surface area contributed by atoms with E-state index in [1.165, 1.54) is 5.56 Å². The molecule has 3 heteroatoms. The monoisotopic (exact) mass is 277 g/mol. The Morgan fingerprint density at radius 3 is 2.55 bits per heavy atom. The third-order valence-electron chi connectivity index (χ3n) is 4.48. The molecule has 0 radical (unpaired) electrons. The molecule has 20 heavy (non-hydrogen) atoms. The van der Waals surface area contributed by atoms with Crippen molar-refractivity contribution >= 4 is 0 Å². The average Bonchev–Trinajstić information content (AvgIpc) is 3.03. The lowest BCUT2D eigenvalue weighted by Crippen LogP contribution is -2.48. The van der Waals surface area contributed by atoms with Crippen LogP contribution in [0.4, 0.5) is 0 Å². The topological polar surface area (TPSA) is 41.5 Å². The van der Waals surface area contributed by atoms with Gasteiger partial charge in [0.15, 0.2) is 0 Å². The fraction of sp³-hybridized carbons (Fsp3) is 0.647. The zero-order chi connectivity index (χ0) is 14.4. The molecule has 1 saturated heterocycles. The van der Waals surface area contributed by atoms with Gasteiger partial charge >= 0.3 is 0 Å². The van der Waals surface area contributed by atoms with E-state index in [2.05, 4.69) is 43.4 Å². The Kier molecular flexibility index (Phi) is 5.58. The van der Waals surface area contributed by atoms with Crippen LogP contribution in [-0.4, -0.2) is 31.0 Å². The summed E-state index contributed by atoms with van der Waals surface area (Å²) in [6.07, 6.45) is 4.47. The van der Waals surface area contributed by atoms with Crippen LogP contribution in [0.15, 0.2) is 24.3 Å². The molecular weight excluding hydrogens is 250 g/mol. The summed E-state index contributed by atoms with van der Waals surface area (Å²) in [5.74, 6) is 0. The number of rotatable bonds is 7. The highest BCUT2D eigenvalue weighted by molar-refractivity contribution is 5.29. The van der Waals surface area contributed by atoms with Gasteiger partial charge in [-0.3, -0.25) is 0 Å². The van der Waals surface area contributed by atoms with Crippen molar-refractivity contribution in [3.63, 3.8) is 0 Å². The molecule has 1 fully saturated rings. The normalized spacial score (nSPS) is 21.9. The van der Waals surface area contributed by atoms with Crippen LogP contribution in [-0.2, 0) is 16.7 Å². The first kappa shape index (κ1) is 15.5. The smallest absolute Gasteiger partial charge is 0.0700 e. The summed E-state index contributed by atoms with van der Waals surface area (Å²) >= 11 is 0. The fourth-order valence-corrected chi connectivity index (χ4v) is 2.86. The summed E-state index contributed by atoms with van der Waals surface area (Å²) in [7, 11) is 0. The third kappa shape index (κ3) is 3.40. The highest BCUT2D eigenvalue weighted by Gasteiger charge is 2.30. The Morgan fingerprint density at radius 1 is 1.30 bits per heavy atom. The van der Waals surface area contributed by atoms with E-state index in [1.807, 2.05) is 0 Å². The number of nitrogens with one attached hydrogen (secondary N) is 1. The molecule has 0 aliphatic carbocycles. The summed E-state index contributed by atoms with van der Waals surface area (Å²) < 4.78 is 5.67. The van der Waals surface area contributed by atoms with E-state index in [1.54, 1.807) is 0 Å². The van der Waals surface area contributed by atoms with Gasteiger partial charge in [-0.05, 0) is 36.8 Å². The minimum atomic E-state index is -0.349. The summed E-state index contributed by atoms with van der Waals surface area (Å²) in [5.41, 5.74) is 2.15. The lowest BCUT2D eigenvalue weighted by atomic mass is 9.87. The predicted octanol–water partition coefficient (Wildman–Crippen LogP) is 2.62. The van der Waals surface area contributed by atoms with Gasteiger partial charge in [-0.25, -0.2) is 0 Å². The highest BCUT2D eigenvalue weighted by atomic mass is 16.5. The minimum absolute atomic E-state index is 0.113. The number of ether oxygens (including phenoxy) is 1. The zero-order valence-corrected chi connectivity index (χ0v) is 12.7. The molecule has 112 valence electrons. The molecule has 0 bridgehead atoms. The number of hydrogen-bond acceptors (Lipinski definition) is 3. The van der Waals surface area contributed by atoms with E-state index in [9.17, 15) is 5.11 Å². The van der Waals surface area contributed by atoms with Crippen LogP contribution in [0.5, 0.6) is 0 Å². The van der Waals surface area contributed by atoms with Crippen molar-refractivity contribution in [2.75, 3.05) is 19.8 Å². The van der Waals surface area contributed by atoms with Gasteiger partial charge in [0.25, 0.3) is 0 Å². The second kappa shape index (κ2) is 7.21. The van der Waals surface area contributed by atoms with E-state index in [-0.39, 0.29) is 12.1 Å². The second-order valence-corrected chi connectivity index (χ2v) is 5.66. The SMILES string of the molecule is CCc1ccc(C(CC)(CO)NCC2CCCO2)cc1. The molecule has 2 N–H and O–H groups in total. The molecule has 1 aromatic carbocycles. The molecule has 0 aromatic heterocycles. The Balaban J connectivity index is 2.09. The van der Waals surface area contributed by atoms with Crippen molar-refractivity contribution in [2.45, 2.75) is 51.2 Å². The number of aliphatic hydroxyl groups excluding tert-OH is 1. The van der Waals surface area contributed by atoms with E-state index >= 15 is 0 Å². The maximum Gasteiger partial charge on any atom is 0.0700 e. The van der Waals surface area contributed by atoms with Crippen LogP contribution < -0.4 is 5.32 Å². The van der Waals surface area contributed by atoms with Crippen molar-refractivity contribution in [3.8, 4) is 0 Å². The lowest BCUT2D eigenvalue weighted by Gasteiger charge is -2.34. The fourth-order valence-electron chi connectivity index (χ4n) is 2.86. The quantitative estimate of drug-likeness (QED) is 0.805. The first-order valence-corrected chi connectivity index (χ1v) is 7.81. The lowest BCUT2D eigenvalue weighted by molar-refractivity contribution is 0.0857. The van der Waals surface area contributed by atoms with Crippen molar-refractivity contribution < 1.29 is 9.84 Å². The molecule has 2 unspecified atom stereocenters. The second-order valence-electron chi connectivity index (χ2n) is 5.66. The number of aryl methyl sites for hydroxylation is 1. The minimum Gasteiger partial charge on any atom is -0.394 e. The van der Waals surface area contributed by atoms with Gasteiger partial charge in [-0.1, -0.05) is 38.1 Å². The summed E-state index contributed by atoms with van der Waals surface area (Å²) in [4.78, 5) is 0. The van der Waals surface area contributed by atoms with E-state index in [4.69, 9.17) is 4.74 Å². The van der Waals surface area contributed by atoms with Gasteiger partial charge in [0.1, 0.15) is 0 Å². The van der Waals surface area contributed by atoms with Gasteiger partial charge in [-0.2, -0.15) is 0 Å². The van der Waals surface area contributed by atoms with Gasteiger partial charge in [0, 0.05) is 13.2 Å². The van der Waals surface area contributed by atoms with Crippen LogP contribution in [0.25, 0.3) is 0 Å². The molecule has 3 nitrogen and oxygen atoms in total. The highest BCUT2D eigenvalue weighted by Crippen LogP contribution is 2.26. The van der Waals surface area contributed by atoms with Crippen molar-refractivity contribution in [2.24, 2.45) is 0 Å². The molecule has 2 rings (SSSR count). The molecule has 1 aliphatic heterocycles. The van der Waals surface area contributed by atoms with Gasteiger partial charge < -0.3 is 15.2 Å². The van der Waals surface area contributed by atoms with Crippen molar-refractivity contribution in [1.29, 1.82) is 0 Å². The largest absolute Gasteiger partial charge is 0.394 e. The molecule has 1 aliphatic rings. The first-order valence-electron chi connectivity index (χ1n) is 7.81.